The molecular formula is C18H23ClN4O3S. The summed E-state index contributed by atoms with van der Waals surface area (Å²) in [6.07, 6.45) is 2.75. The summed E-state index contributed by atoms with van der Waals surface area (Å²) in [6.45, 7) is 1.24. The Labute approximate surface area is 168 Å². The molecule has 0 radical (unpaired) electrons. The summed E-state index contributed by atoms with van der Waals surface area (Å²) in [5, 5.41) is 10.2. The molecule has 1 aromatic carbocycles. The van der Waals surface area contributed by atoms with Gasteiger partial charge in [-0.25, -0.2) is 0 Å². The maximum atomic E-state index is 12.1. The molecule has 2 aliphatic rings. The average Bonchev–Trinajstić information content (AvgIpc) is 3.40. The molecule has 1 saturated carbocycles. The molecule has 1 aromatic heterocycles. The van der Waals surface area contributed by atoms with Crippen molar-refractivity contribution in [2.45, 2.75) is 37.8 Å². The summed E-state index contributed by atoms with van der Waals surface area (Å²) in [4.78, 5) is 16.5. The fourth-order valence-electron chi connectivity index (χ4n) is 2.79. The smallest absolute Gasteiger partial charge is 0.229 e. The van der Waals surface area contributed by atoms with Crippen LogP contribution in [0.4, 0.5) is 5.69 Å². The molecule has 0 spiro atoms. The van der Waals surface area contributed by atoms with E-state index in [9.17, 15) is 4.79 Å². The summed E-state index contributed by atoms with van der Waals surface area (Å²) in [5.74, 6) is 4.55. The molecule has 0 bridgehead atoms. The number of rotatable bonds is 7. The quantitative estimate of drug-likeness (QED) is 0.725. The van der Waals surface area contributed by atoms with E-state index < -0.39 is 0 Å². The molecule has 146 valence electrons. The van der Waals surface area contributed by atoms with E-state index in [0.29, 0.717) is 29.8 Å². The third-order valence-electron chi connectivity index (χ3n) is 4.35. The summed E-state index contributed by atoms with van der Waals surface area (Å²) >= 11 is 1.89. The second kappa shape index (κ2) is 9.43. The molecule has 2 aromatic rings. The highest BCUT2D eigenvalue weighted by molar-refractivity contribution is 7.99. The van der Waals surface area contributed by atoms with Crippen molar-refractivity contribution in [2.75, 3.05) is 23.4 Å². The number of carbonyl (C=O) groups excluding carboxylic acids is 1. The molecule has 1 saturated heterocycles. The van der Waals surface area contributed by atoms with Gasteiger partial charge < -0.3 is 19.9 Å². The minimum absolute atomic E-state index is 0. The monoisotopic (exact) mass is 410 g/mol. The van der Waals surface area contributed by atoms with E-state index in [0.717, 1.165) is 36.6 Å². The first-order chi connectivity index (χ1) is 12.8. The van der Waals surface area contributed by atoms with Gasteiger partial charge in [0.15, 0.2) is 6.61 Å². The molecular weight excluding hydrogens is 388 g/mol. The zero-order chi connectivity index (χ0) is 17.8. The highest BCUT2D eigenvalue weighted by atomic mass is 35.5. The standard InChI is InChI=1S/C18H22N4O3S.ClH/c23-17(9-14-11-26-8-7-19-14)20-13-3-5-15(6-4-13)24-10-16-21-18(25-22-16)12-1-2-12;/h3-6,12,14,19H,1-2,7-11H2,(H,20,23);1H. The normalized spacial score (nSPS) is 19.2. The molecule has 1 aliphatic carbocycles. The number of amides is 1. The number of nitrogens with zero attached hydrogens (tertiary/aromatic N) is 2. The van der Waals surface area contributed by atoms with E-state index in [4.69, 9.17) is 9.26 Å². The molecule has 1 aliphatic heterocycles. The second-order valence-electron chi connectivity index (χ2n) is 6.61. The van der Waals surface area contributed by atoms with Crippen molar-refractivity contribution in [2.24, 2.45) is 0 Å². The second-order valence-corrected chi connectivity index (χ2v) is 7.76. The molecule has 2 fully saturated rings. The van der Waals surface area contributed by atoms with Crippen LogP contribution < -0.4 is 15.4 Å². The van der Waals surface area contributed by atoms with Crippen molar-refractivity contribution in [1.82, 2.24) is 15.5 Å². The highest BCUT2D eigenvalue weighted by Crippen LogP contribution is 2.38. The van der Waals surface area contributed by atoms with Gasteiger partial charge in [0, 0.05) is 42.1 Å². The van der Waals surface area contributed by atoms with Crippen LogP contribution in [0.3, 0.4) is 0 Å². The summed E-state index contributed by atoms with van der Waals surface area (Å²) in [6, 6.07) is 7.58. The first kappa shape index (κ1) is 20.0. The Morgan fingerprint density at radius 2 is 2.15 bits per heavy atom. The van der Waals surface area contributed by atoms with Crippen LogP contribution in [0.25, 0.3) is 0 Å². The SMILES string of the molecule is Cl.O=C(CC1CSCCN1)Nc1ccc(OCc2noc(C3CC3)n2)cc1. The first-order valence-corrected chi connectivity index (χ1v) is 10.1. The highest BCUT2D eigenvalue weighted by Gasteiger charge is 2.29. The first-order valence-electron chi connectivity index (χ1n) is 8.92. The largest absolute Gasteiger partial charge is 0.485 e. The minimum atomic E-state index is 0. The van der Waals surface area contributed by atoms with Crippen LogP contribution >= 0.6 is 24.2 Å². The lowest BCUT2D eigenvalue weighted by Crippen LogP contribution is -2.39. The molecule has 2 N–H and O–H groups in total. The third kappa shape index (κ3) is 5.85. The Bertz CT molecular complexity index is 745. The minimum Gasteiger partial charge on any atom is -0.485 e. The molecule has 2 heterocycles. The Kier molecular flexibility index (Phi) is 6.98. The van der Waals surface area contributed by atoms with E-state index in [-0.39, 0.29) is 31.0 Å². The van der Waals surface area contributed by atoms with Crippen molar-refractivity contribution < 1.29 is 14.1 Å². The molecule has 4 rings (SSSR count). The number of aromatic nitrogens is 2. The van der Waals surface area contributed by atoms with Gasteiger partial charge in [0.05, 0.1) is 0 Å². The number of thioether (sulfide) groups is 1. The van der Waals surface area contributed by atoms with E-state index in [1.54, 1.807) is 0 Å². The van der Waals surface area contributed by atoms with E-state index >= 15 is 0 Å². The fourth-order valence-corrected chi connectivity index (χ4v) is 3.74. The van der Waals surface area contributed by atoms with Gasteiger partial charge in [0.25, 0.3) is 0 Å². The molecule has 1 unspecified atom stereocenters. The van der Waals surface area contributed by atoms with Gasteiger partial charge in [-0.1, -0.05) is 5.16 Å². The summed E-state index contributed by atoms with van der Waals surface area (Å²) in [5.41, 5.74) is 0.765. The van der Waals surface area contributed by atoms with E-state index in [1.165, 1.54) is 0 Å². The van der Waals surface area contributed by atoms with Gasteiger partial charge >= 0.3 is 0 Å². The van der Waals surface area contributed by atoms with Crippen LogP contribution in [-0.4, -0.2) is 40.1 Å². The van der Waals surface area contributed by atoms with Crippen LogP contribution in [0, 0.1) is 0 Å². The molecule has 1 atom stereocenters. The zero-order valence-corrected chi connectivity index (χ0v) is 16.5. The van der Waals surface area contributed by atoms with Crippen molar-refractivity contribution in [1.29, 1.82) is 0 Å². The van der Waals surface area contributed by atoms with Gasteiger partial charge in [0.1, 0.15) is 5.75 Å². The van der Waals surface area contributed by atoms with E-state index in [1.807, 2.05) is 36.0 Å². The molecule has 9 heteroatoms. The maximum Gasteiger partial charge on any atom is 0.229 e. The lowest BCUT2D eigenvalue weighted by molar-refractivity contribution is -0.116. The van der Waals surface area contributed by atoms with Gasteiger partial charge in [-0.3, -0.25) is 4.79 Å². The number of benzene rings is 1. The molecule has 1 amide bonds. The van der Waals surface area contributed by atoms with Crippen LogP contribution in [0.1, 0.15) is 36.9 Å². The van der Waals surface area contributed by atoms with Crippen molar-refractivity contribution in [3.8, 4) is 5.75 Å². The predicted octanol–water partition coefficient (Wildman–Crippen LogP) is 2.98. The van der Waals surface area contributed by atoms with Crippen molar-refractivity contribution in [3.05, 3.63) is 36.0 Å². The third-order valence-corrected chi connectivity index (χ3v) is 5.48. The number of anilines is 1. The number of hydrogen-bond donors (Lipinski definition) is 2. The number of hydrogen-bond acceptors (Lipinski definition) is 7. The van der Waals surface area contributed by atoms with Crippen LogP contribution in [0.15, 0.2) is 28.8 Å². The van der Waals surface area contributed by atoms with Crippen molar-refractivity contribution in [3.63, 3.8) is 0 Å². The Morgan fingerprint density at radius 3 is 2.85 bits per heavy atom. The summed E-state index contributed by atoms with van der Waals surface area (Å²) < 4.78 is 10.9. The maximum absolute atomic E-state index is 12.1. The van der Waals surface area contributed by atoms with Gasteiger partial charge in [-0.2, -0.15) is 16.7 Å². The number of halogens is 1. The lowest BCUT2D eigenvalue weighted by atomic mass is 10.2. The van der Waals surface area contributed by atoms with Gasteiger partial charge in [0.2, 0.25) is 17.6 Å². The van der Waals surface area contributed by atoms with Crippen LogP contribution in [0.5, 0.6) is 5.75 Å². The molecule has 27 heavy (non-hydrogen) atoms. The van der Waals surface area contributed by atoms with Gasteiger partial charge in [-0.05, 0) is 37.1 Å². The lowest BCUT2D eigenvalue weighted by Gasteiger charge is -2.22. The van der Waals surface area contributed by atoms with E-state index in [2.05, 4.69) is 20.8 Å². The predicted molar refractivity (Wildman–Crippen MR) is 107 cm³/mol. The van der Waals surface area contributed by atoms with Crippen LogP contribution in [-0.2, 0) is 11.4 Å². The number of carbonyl (C=O) groups is 1. The summed E-state index contributed by atoms with van der Waals surface area (Å²) in [7, 11) is 0. The van der Waals surface area contributed by atoms with Crippen LogP contribution in [0.2, 0.25) is 0 Å². The Balaban J connectivity index is 0.00000210. The zero-order valence-electron chi connectivity index (χ0n) is 14.8. The Hall–Kier alpha value is -1.77. The fraction of sp³-hybridized carbons (Fsp3) is 0.500. The molecule has 7 nitrogen and oxygen atoms in total. The number of nitrogens with one attached hydrogen (secondary N) is 2. The number of ether oxygens (including phenoxy) is 1. The van der Waals surface area contributed by atoms with Crippen molar-refractivity contribution >= 4 is 35.8 Å². The average molecular weight is 411 g/mol. The van der Waals surface area contributed by atoms with Gasteiger partial charge in [-0.15, -0.1) is 12.4 Å². The topological polar surface area (TPSA) is 89.3 Å². The Morgan fingerprint density at radius 1 is 1.33 bits per heavy atom.